The van der Waals surface area contributed by atoms with Gasteiger partial charge in [-0.05, 0) is 68.1 Å². The lowest BCUT2D eigenvalue weighted by Gasteiger charge is -2.57. The minimum absolute atomic E-state index is 0.0484. The number of allylic oxidation sites excluding steroid dienone is 1. The number of urea groups is 1. The first-order valence-corrected chi connectivity index (χ1v) is 10.7. The molecule has 0 aliphatic heterocycles. The lowest BCUT2D eigenvalue weighted by Crippen LogP contribution is -2.50. The van der Waals surface area contributed by atoms with Crippen LogP contribution in [0.4, 0.5) is 4.79 Å². The van der Waals surface area contributed by atoms with Gasteiger partial charge in [0.2, 0.25) is 0 Å². The highest BCUT2D eigenvalue weighted by Gasteiger charge is 2.58. The molecule has 4 aliphatic carbocycles. The average Bonchev–Trinajstić information content (AvgIpc) is 2.96. The fourth-order valence-electron chi connectivity index (χ4n) is 7.06. The number of rotatable bonds is 2. The fourth-order valence-corrected chi connectivity index (χ4v) is 7.06. The first-order chi connectivity index (χ1) is 13.2. The largest absolute Gasteiger partial charge is 0.462 e. The fraction of sp³-hybridized carbons (Fsp3) is 0.773. The van der Waals surface area contributed by atoms with Gasteiger partial charge in [0.05, 0.1) is 0 Å². The molecule has 4 aliphatic rings. The first kappa shape index (κ1) is 19.5. The van der Waals surface area contributed by atoms with E-state index in [0.717, 1.165) is 50.7 Å². The van der Waals surface area contributed by atoms with E-state index in [2.05, 4.69) is 30.5 Å². The van der Waals surface area contributed by atoms with Gasteiger partial charge in [0, 0.05) is 24.5 Å². The summed E-state index contributed by atoms with van der Waals surface area (Å²) in [5, 5.41) is 4.38. The van der Waals surface area contributed by atoms with Crippen LogP contribution in [0.25, 0.3) is 0 Å². The molecule has 4 rings (SSSR count). The van der Waals surface area contributed by atoms with Crippen molar-refractivity contribution < 1.29 is 14.3 Å². The molecule has 0 radical (unpaired) electrons. The van der Waals surface area contributed by atoms with Gasteiger partial charge >= 0.3 is 12.0 Å². The summed E-state index contributed by atoms with van der Waals surface area (Å²) in [6.07, 6.45) is 11.0. The Bertz CT molecular complexity index is 745. The average molecular weight is 388 g/mol. The Hall–Kier alpha value is -1.85. The molecule has 154 valence electrons. The smallest absolute Gasteiger partial charge is 0.332 e. The van der Waals surface area contributed by atoms with Crippen molar-refractivity contribution in [2.24, 2.45) is 39.4 Å². The Morgan fingerprint density at radius 3 is 2.61 bits per heavy atom. The van der Waals surface area contributed by atoms with E-state index in [1.54, 1.807) is 0 Å². The van der Waals surface area contributed by atoms with Crippen molar-refractivity contribution in [2.75, 3.05) is 0 Å². The number of amides is 2. The minimum Gasteiger partial charge on any atom is -0.462 e. The number of ether oxygens (including phenoxy) is 1. The summed E-state index contributed by atoms with van der Waals surface area (Å²) in [5.41, 5.74) is 10.6. The Morgan fingerprint density at radius 2 is 1.89 bits per heavy atom. The van der Waals surface area contributed by atoms with Gasteiger partial charge in [-0.15, -0.1) is 0 Å². The van der Waals surface area contributed by atoms with Crippen LogP contribution in [-0.2, 0) is 9.53 Å². The zero-order valence-electron chi connectivity index (χ0n) is 17.3. The molecule has 3 saturated carbocycles. The number of carbonyl (C=O) groups is 2. The molecule has 28 heavy (non-hydrogen) atoms. The van der Waals surface area contributed by atoms with Crippen LogP contribution in [0, 0.1) is 28.6 Å². The summed E-state index contributed by atoms with van der Waals surface area (Å²) in [4.78, 5) is 22.5. The number of fused-ring (bicyclic) bond motifs is 5. The van der Waals surface area contributed by atoms with Gasteiger partial charge in [-0.25, -0.2) is 10.2 Å². The molecule has 6 nitrogen and oxygen atoms in total. The van der Waals surface area contributed by atoms with Gasteiger partial charge in [0.25, 0.3) is 0 Å². The van der Waals surface area contributed by atoms with E-state index >= 15 is 0 Å². The van der Waals surface area contributed by atoms with Gasteiger partial charge in [-0.2, -0.15) is 5.10 Å². The van der Waals surface area contributed by atoms with E-state index in [4.69, 9.17) is 10.5 Å². The number of nitrogens with two attached hydrogens (primary N) is 1. The number of hydrogen-bond acceptors (Lipinski definition) is 4. The van der Waals surface area contributed by atoms with Crippen LogP contribution in [0.3, 0.4) is 0 Å². The second kappa shape index (κ2) is 6.89. The lowest BCUT2D eigenvalue weighted by molar-refractivity contribution is -0.148. The van der Waals surface area contributed by atoms with Crippen LogP contribution in [-0.4, -0.2) is 23.8 Å². The molecule has 0 unspecified atom stereocenters. The molecule has 0 aromatic carbocycles. The molecule has 6 atom stereocenters. The minimum atomic E-state index is -0.587. The van der Waals surface area contributed by atoms with E-state index in [0.29, 0.717) is 17.8 Å². The van der Waals surface area contributed by atoms with E-state index in [1.165, 1.54) is 18.9 Å². The van der Waals surface area contributed by atoms with E-state index < -0.39 is 6.03 Å². The normalized spacial score (nSPS) is 43.4. The Balaban J connectivity index is 1.56. The standard InChI is InChI=1S/C22H33N3O3/c1-13(26)28-15-8-10-21(2)14(12-15)4-5-16-17-6-7-19(24-25-20(23)27)22(17,3)11-9-18(16)21/h4,15-18H,5-12H2,1-3H3,(H3,23,25,27)/b24-19-/t15-,16-,17-,18-,21-,22-/m0/s1. The predicted molar refractivity (Wildman–Crippen MR) is 107 cm³/mol. The van der Waals surface area contributed by atoms with Crippen molar-refractivity contribution in [3.05, 3.63) is 11.6 Å². The molecule has 3 N–H and O–H groups in total. The summed E-state index contributed by atoms with van der Waals surface area (Å²) in [5.74, 6) is 1.80. The highest BCUT2D eigenvalue weighted by molar-refractivity contribution is 5.93. The number of hydrazone groups is 1. The Morgan fingerprint density at radius 1 is 1.18 bits per heavy atom. The zero-order chi connectivity index (χ0) is 20.1. The second-order valence-electron chi connectivity index (χ2n) is 9.76. The number of nitrogens with zero attached hydrogens (tertiary/aromatic N) is 1. The highest BCUT2D eigenvalue weighted by atomic mass is 16.5. The third-order valence-electron chi connectivity index (χ3n) is 8.43. The summed E-state index contributed by atoms with van der Waals surface area (Å²) in [6.45, 7) is 6.29. The van der Waals surface area contributed by atoms with Crippen LogP contribution >= 0.6 is 0 Å². The summed E-state index contributed by atoms with van der Waals surface area (Å²) in [6, 6.07) is -0.587. The summed E-state index contributed by atoms with van der Waals surface area (Å²) in [7, 11) is 0. The van der Waals surface area contributed by atoms with Crippen LogP contribution in [0.5, 0.6) is 0 Å². The van der Waals surface area contributed by atoms with Crippen LogP contribution in [0.2, 0.25) is 0 Å². The molecule has 0 aromatic heterocycles. The van der Waals surface area contributed by atoms with E-state index in [1.807, 2.05) is 0 Å². The van der Waals surface area contributed by atoms with Crippen molar-refractivity contribution in [1.29, 1.82) is 0 Å². The number of esters is 1. The monoisotopic (exact) mass is 387 g/mol. The molecule has 0 saturated heterocycles. The zero-order valence-corrected chi connectivity index (χ0v) is 17.3. The number of carbonyl (C=O) groups excluding carboxylic acids is 2. The maximum Gasteiger partial charge on any atom is 0.332 e. The quantitative estimate of drug-likeness (QED) is 0.427. The van der Waals surface area contributed by atoms with Crippen molar-refractivity contribution in [1.82, 2.24) is 5.43 Å². The lowest BCUT2D eigenvalue weighted by atomic mass is 9.48. The van der Waals surface area contributed by atoms with Crippen molar-refractivity contribution in [3.63, 3.8) is 0 Å². The maximum atomic E-state index is 11.4. The second-order valence-corrected chi connectivity index (χ2v) is 9.76. The first-order valence-electron chi connectivity index (χ1n) is 10.7. The Kier molecular flexibility index (Phi) is 4.79. The van der Waals surface area contributed by atoms with Crippen molar-refractivity contribution in [2.45, 2.75) is 78.2 Å². The van der Waals surface area contributed by atoms with Crippen LogP contribution in [0.15, 0.2) is 16.8 Å². The van der Waals surface area contributed by atoms with Gasteiger partial charge in [0.15, 0.2) is 0 Å². The maximum absolute atomic E-state index is 11.4. The molecule has 6 heteroatoms. The summed E-state index contributed by atoms with van der Waals surface area (Å²) < 4.78 is 5.53. The number of primary amides is 1. The number of hydrogen-bond donors (Lipinski definition) is 2. The van der Waals surface area contributed by atoms with Gasteiger partial charge in [0.1, 0.15) is 6.10 Å². The molecule has 0 bridgehead atoms. The van der Waals surface area contributed by atoms with Crippen molar-refractivity contribution in [3.8, 4) is 0 Å². The SMILES string of the molecule is CC(=O)O[C@H]1CC[C@@]2(C)C(=CC[C@@H]3[C@@H]2CC[C@]2(C)/C(=N\NC(N)=O)CC[C@@H]32)C1. The molecular formula is C22H33N3O3. The molecule has 0 aromatic rings. The van der Waals surface area contributed by atoms with E-state index in [-0.39, 0.29) is 22.9 Å². The molecule has 0 spiro atoms. The third kappa shape index (κ3) is 3.05. The molecule has 2 amide bonds. The molecular weight excluding hydrogens is 354 g/mol. The van der Waals surface area contributed by atoms with Crippen LogP contribution < -0.4 is 11.2 Å². The summed E-state index contributed by atoms with van der Waals surface area (Å²) >= 11 is 0. The predicted octanol–water partition coefficient (Wildman–Crippen LogP) is 3.91. The Labute approximate surface area is 167 Å². The van der Waals surface area contributed by atoms with Crippen molar-refractivity contribution >= 4 is 17.7 Å². The van der Waals surface area contributed by atoms with E-state index in [9.17, 15) is 9.59 Å². The topological polar surface area (TPSA) is 93.8 Å². The highest BCUT2D eigenvalue weighted by Crippen LogP contribution is 2.64. The van der Waals surface area contributed by atoms with Gasteiger partial charge in [-0.3, -0.25) is 4.79 Å². The van der Waals surface area contributed by atoms with Crippen LogP contribution in [0.1, 0.15) is 72.1 Å². The molecule has 3 fully saturated rings. The molecule has 0 heterocycles. The van der Waals surface area contributed by atoms with Gasteiger partial charge < -0.3 is 10.5 Å². The number of nitrogens with one attached hydrogen (secondary N) is 1. The van der Waals surface area contributed by atoms with Gasteiger partial charge in [-0.1, -0.05) is 25.5 Å². The third-order valence-corrected chi connectivity index (χ3v) is 8.43.